The summed E-state index contributed by atoms with van der Waals surface area (Å²) in [5.41, 5.74) is 4.85. The van der Waals surface area contributed by atoms with Crippen LogP contribution in [-0.2, 0) is 9.53 Å². The van der Waals surface area contributed by atoms with Crippen molar-refractivity contribution in [2.75, 3.05) is 7.11 Å². The minimum absolute atomic E-state index is 0.144. The molecular weight excluding hydrogens is 176 g/mol. The van der Waals surface area contributed by atoms with Crippen molar-refractivity contribution in [1.29, 1.82) is 0 Å². The fourth-order valence-corrected chi connectivity index (χ4v) is 2.53. The van der Waals surface area contributed by atoms with Gasteiger partial charge in [0, 0.05) is 0 Å². The van der Waals surface area contributed by atoms with Gasteiger partial charge in [-0.15, -0.1) is 0 Å². The van der Waals surface area contributed by atoms with Crippen molar-refractivity contribution in [3.8, 4) is 0 Å². The van der Waals surface area contributed by atoms with E-state index in [4.69, 9.17) is 4.74 Å². The quantitative estimate of drug-likeness (QED) is 0.597. The predicted octanol–water partition coefficient (Wildman–Crippen LogP) is 2.75. The largest absolute Gasteiger partial charge is 0.465 e. The Kier molecular flexibility index (Phi) is 2.44. The normalized spacial score (nSPS) is 21.3. The lowest BCUT2D eigenvalue weighted by Crippen LogP contribution is -2.08. The van der Waals surface area contributed by atoms with Gasteiger partial charge in [-0.3, -0.25) is 0 Å². The van der Waals surface area contributed by atoms with Crippen molar-refractivity contribution in [2.24, 2.45) is 0 Å². The molecule has 0 saturated carbocycles. The summed E-state index contributed by atoms with van der Waals surface area (Å²) in [4.78, 5) is 11.6. The molecule has 0 aliphatic heterocycles. The van der Waals surface area contributed by atoms with Crippen molar-refractivity contribution < 1.29 is 9.53 Å². The van der Waals surface area contributed by atoms with E-state index in [1.807, 2.05) is 6.92 Å². The topological polar surface area (TPSA) is 26.3 Å². The summed E-state index contributed by atoms with van der Waals surface area (Å²) in [7, 11) is 1.46. The third kappa shape index (κ3) is 1.39. The van der Waals surface area contributed by atoms with Gasteiger partial charge in [0.25, 0.3) is 0 Å². The highest BCUT2D eigenvalue weighted by molar-refractivity contribution is 5.95. The molecule has 0 unspecified atom stereocenters. The van der Waals surface area contributed by atoms with Crippen molar-refractivity contribution in [1.82, 2.24) is 0 Å². The van der Waals surface area contributed by atoms with Crippen LogP contribution >= 0.6 is 0 Å². The number of esters is 1. The fourth-order valence-electron chi connectivity index (χ4n) is 2.53. The lowest BCUT2D eigenvalue weighted by molar-refractivity contribution is -0.135. The first-order valence-corrected chi connectivity index (χ1v) is 5.23. The first-order chi connectivity index (χ1) is 6.74. The van der Waals surface area contributed by atoms with Crippen LogP contribution in [0.4, 0.5) is 0 Å². The molecule has 0 fully saturated rings. The van der Waals surface area contributed by atoms with Gasteiger partial charge in [0.05, 0.1) is 12.7 Å². The van der Waals surface area contributed by atoms with E-state index in [1.54, 1.807) is 0 Å². The number of methoxy groups -OCH3 is 1. The summed E-state index contributed by atoms with van der Waals surface area (Å²) in [5.74, 6) is -0.144. The highest BCUT2D eigenvalue weighted by Gasteiger charge is 2.28. The van der Waals surface area contributed by atoms with E-state index in [0.717, 1.165) is 18.4 Å². The van der Waals surface area contributed by atoms with E-state index < -0.39 is 0 Å². The van der Waals surface area contributed by atoms with Gasteiger partial charge in [0.15, 0.2) is 0 Å². The number of carbonyl (C=O) groups excluding carboxylic acids is 1. The zero-order chi connectivity index (χ0) is 10.1. The van der Waals surface area contributed by atoms with Crippen molar-refractivity contribution >= 4 is 5.97 Å². The minimum Gasteiger partial charge on any atom is -0.465 e. The Balaban J connectivity index is 2.33. The zero-order valence-corrected chi connectivity index (χ0v) is 8.85. The predicted molar refractivity (Wildman–Crippen MR) is 54.8 cm³/mol. The second-order valence-electron chi connectivity index (χ2n) is 4.11. The summed E-state index contributed by atoms with van der Waals surface area (Å²) in [6, 6.07) is 0. The van der Waals surface area contributed by atoms with E-state index in [9.17, 15) is 4.79 Å². The Morgan fingerprint density at radius 3 is 2.71 bits per heavy atom. The Morgan fingerprint density at radius 1 is 1.29 bits per heavy atom. The summed E-state index contributed by atoms with van der Waals surface area (Å²) < 4.78 is 4.82. The van der Waals surface area contributed by atoms with Crippen LogP contribution < -0.4 is 0 Å². The SMILES string of the molecule is COC(=O)C1=C(C)CC2=C1CCCC2. The molecule has 2 heteroatoms. The molecule has 2 rings (SSSR count). The van der Waals surface area contributed by atoms with E-state index >= 15 is 0 Å². The maximum Gasteiger partial charge on any atom is 0.338 e. The van der Waals surface area contributed by atoms with Gasteiger partial charge >= 0.3 is 5.97 Å². The van der Waals surface area contributed by atoms with Crippen LogP contribution in [0.25, 0.3) is 0 Å². The molecule has 0 N–H and O–H groups in total. The first-order valence-electron chi connectivity index (χ1n) is 5.23. The van der Waals surface area contributed by atoms with E-state index in [2.05, 4.69) is 0 Å². The van der Waals surface area contributed by atoms with Crippen LogP contribution in [0.15, 0.2) is 22.3 Å². The number of hydrogen-bond donors (Lipinski definition) is 0. The van der Waals surface area contributed by atoms with Crippen molar-refractivity contribution in [2.45, 2.75) is 39.0 Å². The molecule has 2 aliphatic carbocycles. The summed E-state index contributed by atoms with van der Waals surface area (Å²) >= 11 is 0. The average Bonchev–Trinajstić information content (AvgIpc) is 2.53. The third-order valence-corrected chi connectivity index (χ3v) is 3.18. The first kappa shape index (κ1) is 9.50. The number of ether oxygens (including phenoxy) is 1. The number of allylic oxidation sites excluding steroid dienone is 2. The Hall–Kier alpha value is -1.05. The maximum atomic E-state index is 11.6. The Morgan fingerprint density at radius 2 is 2.00 bits per heavy atom. The van der Waals surface area contributed by atoms with Gasteiger partial charge < -0.3 is 4.74 Å². The monoisotopic (exact) mass is 192 g/mol. The van der Waals surface area contributed by atoms with Crippen molar-refractivity contribution in [3.63, 3.8) is 0 Å². The van der Waals surface area contributed by atoms with Crippen LogP contribution in [0.3, 0.4) is 0 Å². The molecule has 0 bridgehead atoms. The molecule has 2 aliphatic rings. The molecule has 0 spiro atoms. The van der Waals surface area contributed by atoms with Crippen LogP contribution in [0.1, 0.15) is 39.0 Å². The molecule has 0 saturated heterocycles. The lowest BCUT2D eigenvalue weighted by atomic mass is 9.91. The summed E-state index contributed by atoms with van der Waals surface area (Å²) in [5, 5.41) is 0. The number of hydrogen-bond acceptors (Lipinski definition) is 2. The molecule has 0 aromatic carbocycles. The van der Waals surface area contributed by atoms with Crippen LogP contribution in [-0.4, -0.2) is 13.1 Å². The highest BCUT2D eigenvalue weighted by Crippen LogP contribution is 2.41. The molecule has 76 valence electrons. The molecule has 0 heterocycles. The highest BCUT2D eigenvalue weighted by atomic mass is 16.5. The fraction of sp³-hybridized carbons (Fsp3) is 0.583. The maximum absolute atomic E-state index is 11.6. The molecule has 0 atom stereocenters. The minimum atomic E-state index is -0.144. The molecule has 0 amide bonds. The lowest BCUT2D eigenvalue weighted by Gasteiger charge is -2.15. The van der Waals surface area contributed by atoms with Crippen LogP contribution in [0.2, 0.25) is 0 Å². The Bertz CT molecular complexity index is 334. The standard InChI is InChI=1S/C12H16O2/c1-8-7-9-5-3-4-6-10(9)11(8)12(13)14-2/h3-7H2,1-2H3. The van der Waals surface area contributed by atoms with E-state index in [1.165, 1.54) is 43.1 Å². The smallest absolute Gasteiger partial charge is 0.338 e. The number of rotatable bonds is 1. The number of carbonyl (C=O) groups is 1. The van der Waals surface area contributed by atoms with Gasteiger partial charge in [-0.05, 0) is 44.6 Å². The molecule has 2 nitrogen and oxygen atoms in total. The van der Waals surface area contributed by atoms with E-state index in [-0.39, 0.29) is 5.97 Å². The van der Waals surface area contributed by atoms with E-state index in [0.29, 0.717) is 0 Å². The second kappa shape index (κ2) is 3.60. The van der Waals surface area contributed by atoms with Gasteiger partial charge in [0.1, 0.15) is 0 Å². The van der Waals surface area contributed by atoms with Crippen LogP contribution in [0, 0.1) is 0 Å². The van der Waals surface area contributed by atoms with Crippen LogP contribution in [0.5, 0.6) is 0 Å². The second-order valence-corrected chi connectivity index (χ2v) is 4.11. The molecule has 0 radical (unpaired) electrons. The third-order valence-electron chi connectivity index (χ3n) is 3.18. The van der Waals surface area contributed by atoms with Gasteiger partial charge in [0.2, 0.25) is 0 Å². The zero-order valence-electron chi connectivity index (χ0n) is 8.85. The Labute approximate surface area is 84.6 Å². The molecule has 14 heavy (non-hydrogen) atoms. The summed E-state index contributed by atoms with van der Waals surface area (Å²) in [6.45, 7) is 2.05. The summed E-state index contributed by atoms with van der Waals surface area (Å²) in [6.07, 6.45) is 5.73. The molecule has 0 aromatic heterocycles. The molecular formula is C12H16O2. The van der Waals surface area contributed by atoms with Gasteiger partial charge in [-0.1, -0.05) is 11.1 Å². The van der Waals surface area contributed by atoms with Gasteiger partial charge in [-0.2, -0.15) is 0 Å². The average molecular weight is 192 g/mol. The van der Waals surface area contributed by atoms with Crippen molar-refractivity contribution in [3.05, 3.63) is 22.3 Å². The van der Waals surface area contributed by atoms with Gasteiger partial charge in [-0.25, -0.2) is 4.79 Å². The molecule has 0 aromatic rings.